The van der Waals surface area contributed by atoms with Crippen LogP contribution in [-0.4, -0.2) is 37.2 Å². The predicted molar refractivity (Wildman–Crippen MR) is 78.6 cm³/mol. The van der Waals surface area contributed by atoms with Crippen molar-refractivity contribution >= 4 is 11.7 Å². The van der Waals surface area contributed by atoms with Crippen molar-refractivity contribution < 1.29 is 9.53 Å². The van der Waals surface area contributed by atoms with Crippen LogP contribution in [0.25, 0.3) is 0 Å². The molecular formula is C15H23N3O2. The molecular weight excluding hydrogens is 254 g/mol. The van der Waals surface area contributed by atoms with Gasteiger partial charge >= 0.3 is 0 Å². The van der Waals surface area contributed by atoms with E-state index in [-0.39, 0.29) is 5.91 Å². The molecule has 1 fully saturated rings. The Labute approximate surface area is 120 Å². The van der Waals surface area contributed by atoms with E-state index in [9.17, 15) is 4.79 Å². The lowest BCUT2D eigenvalue weighted by atomic mass is 10.2. The van der Waals surface area contributed by atoms with Crippen LogP contribution in [0.2, 0.25) is 0 Å². The lowest BCUT2D eigenvalue weighted by Gasteiger charge is -2.27. The molecule has 0 bridgehead atoms. The first-order chi connectivity index (χ1) is 9.79. The number of aromatic nitrogens is 1. The molecule has 0 spiro atoms. The van der Waals surface area contributed by atoms with Crippen molar-refractivity contribution in [3.8, 4) is 0 Å². The number of anilines is 1. The zero-order chi connectivity index (χ0) is 14.2. The van der Waals surface area contributed by atoms with Crippen LogP contribution >= 0.6 is 0 Å². The van der Waals surface area contributed by atoms with Gasteiger partial charge in [-0.15, -0.1) is 0 Å². The fourth-order valence-corrected chi connectivity index (χ4v) is 2.13. The normalized spacial score (nSPS) is 15.2. The maximum absolute atomic E-state index is 11.5. The topological polar surface area (TPSA) is 54.5 Å². The van der Waals surface area contributed by atoms with Crippen LogP contribution in [0.5, 0.6) is 0 Å². The largest absolute Gasteiger partial charge is 0.378 e. The summed E-state index contributed by atoms with van der Waals surface area (Å²) in [5.74, 6) is 1.10. The van der Waals surface area contributed by atoms with E-state index in [0.717, 1.165) is 50.5 Å². The third kappa shape index (κ3) is 4.49. The first kappa shape index (κ1) is 14.8. The number of rotatable bonds is 6. The second-order valence-corrected chi connectivity index (χ2v) is 5.00. The smallest absolute Gasteiger partial charge is 0.220 e. The summed E-state index contributed by atoms with van der Waals surface area (Å²) >= 11 is 0. The Balaban J connectivity index is 1.80. The van der Waals surface area contributed by atoms with E-state index in [0.29, 0.717) is 13.0 Å². The maximum Gasteiger partial charge on any atom is 0.220 e. The molecule has 1 aromatic rings. The summed E-state index contributed by atoms with van der Waals surface area (Å²) in [4.78, 5) is 18.2. The van der Waals surface area contributed by atoms with Crippen molar-refractivity contribution in [3.63, 3.8) is 0 Å². The Morgan fingerprint density at radius 1 is 1.40 bits per heavy atom. The van der Waals surface area contributed by atoms with Gasteiger partial charge in [0.1, 0.15) is 5.82 Å². The van der Waals surface area contributed by atoms with Crippen LogP contribution in [-0.2, 0) is 16.1 Å². The van der Waals surface area contributed by atoms with E-state index in [1.807, 2.05) is 18.3 Å². The number of carbonyl (C=O) groups excluding carboxylic acids is 1. The van der Waals surface area contributed by atoms with Gasteiger partial charge in [-0.25, -0.2) is 4.98 Å². The van der Waals surface area contributed by atoms with Crippen LogP contribution in [0.1, 0.15) is 31.7 Å². The van der Waals surface area contributed by atoms with Crippen LogP contribution in [0.4, 0.5) is 5.82 Å². The lowest BCUT2D eigenvalue weighted by molar-refractivity contribution is -0.121. The fraction of sp³-hybridized carbons (Fsp3) is 0.600. The molecule has 1 saturated heterocycles. The number of hydrogen-bond acceptors (Lipinski definition) is 4. The number of nitrogens with one attached hydrogen (secondary N) is 1. The van der Waals surface area contributed by atoms with Gasteiger partial charge < -0.3 is 15.0 Å². The lowest BCUT2D eigenvalue weighted by Crippen LogP contribution is -2.36. The van der Waals surface area contributed by atoms with E-state index < -0.39 is 0 Å². The van der Waals surface area contributed by atoms with E-state index in [1.54, 1.807) is 0 Å². The van der Waals surface area contributed by atoms with E-state index >= 15 is 0 Å². The molecule has 110 valence electrons. The number of ether oxygens (including phenoxy) is 1. The number of nitrogens with zero attached hydrogens (tertiary/aromatic N) is 2. The minimum atomic E-state index is 0.115. The van der Waals surface area contributed by atoms with Crippen molar-refractivity contribution in [1.29, 1.82) is 0 Å². The molecule has 0 atom stereocenters. The van der Waals surface area contributed by atoms with Crippen LogP contribution in [0.3, 0.4) is 0 Å². The first-order valence-electron chi connectivity index (χ1n) is 7.34. The van der Waals surface area contributed by atoms with E-state index in [2.05, 4.69) is 22.1 Å². The van der Waals surface area contributed by atoms with Crippen molar-refractivity contribution in [1.82, 2.24) is 10.3 Å². The average Bonchev–Trinajstić information content (AvgIpc) is 2.52. The quantitative estimate of drug-likeness (QED) is 0.860. The number of amides is 1. The number of hydrogen-bond donors (Lipinski definition) is 1. The Bertz CT molecular complexity index is 414. The second kappa shape index (κ2) is 7.85. The van der Waals surface area contributed by atoms with Gasteiger partial charge in [0.25, 0.3) is 0 Å². The zero-order valence-electron chi connectivity index (χ0n) is 12.1. The Kier molecular flexibility index (Phi) is 5.80. The predicted octanol–water partition coefficient (Wildman–Crippen LogP) is 1.72. The highest BCUT2D eigenvalue weighted by Crippen LogP contribution is 2.12. The Hall–Kier alpha value is -1.62. The van der Waals surface area contributed by atoms with Gasteiger partial charge in [0, 0.05) is 32.3 Å². The van der Waals surface area contributed by atoms with Gasteiger partial charge in [-0.05, 0) is 18.1 Å². The molecule has 2 rings (SSSR count). The number of pyridine rings is 1. The molecule has 1 amide bonds. The van der Waals surface area contributed by atoms with Crippen molar-refractivity contribution in [2.45, 2.75) is 32.7 Å². The molecule has 1 aromatic heterocycles. The number of unbranched alkanes of at least 4 members (excludes halogenated alkanes) is 1. The molecule has 1 aliphatic heterocycles. The van der Waals surface area contributed by atoms with E-state index in [1.165, 1.54) is 0 Å². The van der Waals surface area contributed by atoms with Gasteiger partial charge in [-0.1, -0.05) is 19.4 Å². The number of morpholine rings is 1. The molecule has 1 aliphatic rings. The van der Waals surface area contributed by atoms with Crippen molar-refractivity contribution in [2.75, 3.05) is 31.2 Å². The molecule has 1 N–H and O–H groups in total. The van der Waals surface area contributed by atoms with Gasteiger partial charge in [-0.2, -0.15) is 0 Å². The van der Waals surface area contributed by atoms with Crippen molar-refractivity contribution in [3.05, 3.63) is 23.9 Å². The molecule has 0 radical (unpaired) electrons. The summed E-state index contributed by atoms with van der Waals surface area (Å²) in [6, 6.07) is 4.04. The average molecular weight is 277 g/mol. The zero-order valence-corrected chi connectivity index (χ0v) is 12.1. The molecule has 0 unspecified atom stereocenters. The third-order valence-corrected chi connectivity index (χ3v) is 3.39. The van der Waals surface area contributed by atoms with Gasteiger partial charge in [-0.3, -0.25) is 4.79 Å². The minimum absolute atomic E-state index is 0.115. The highest BCUT2D eigenvalue weighted by Gasteiger charge is 2.11. The molecule has 2 heterocycles. The maximum atomic E-state index is 11.5. The molecule has 0 aromatic carbocycles. The molecule has 5 nitrogen and oxygen atoms in total. The van der Waals surface area contributed by atoms with Crippen LogP contribution in [0, 0.1) is 0 Å². The standard InChI is InChI=1S/C15H23N3O2/c1-2-3-4-15(19)17-12-13-5-6-14(16-11-13)18-7-9-20-10-8-18/h5-6,11H,2-4,7-10,12H2,1H3,(H,17,19). The summed E-state index contributed by atoms with van der Waals surface area (Å²) in [5.41, 5.74) is 1.03. The first-order valence-corrected chi connectivity index (χ1v) is 7.34. The molecule has 0 saturated carbocycles. The second-order valence-electron chi connectivity index (χ2n) is 5.00. The van der Waals surface area contributed by atoms with E-state index in [4.69, 9.17) is 4.74 Å². The number of carbonyl (C=O) groups is 1. The summed E-state index contributed by atoms with van der Waals surface area (Å²) in [7, 11) is 0. The van der Waals surface area contributed by atoms with Crippen LogP contribution < -0.4 is 10.2 Å². The summed E-state index contributed by atoms with van der Waals surface area (Å²) in [6.07, 6.45) is 4.43. The fourth-order valence-electron chi connectivity index (χ4n) is 2.13. The third-order valence-electron chi connectivity index (χ3n) is 3.39. The highest BCUT2D eigenvalue weighted by molar-refractivity contribution is 5.75. The minimum Gasteiger partial charge on any atom is -0.378 e. The molecule has 20 heavy (non-hydrogen) atoms. The molecule has 0 aliphatic carbocycles. The van der Waals surface area contributed by atoms with Gasteiger partial charge in [0.05, 0.1) is 13.2 Å². The SMILES string of the molecule is CCCCC(=O)NCc1ccc(N2CCOCC2)nc1. The Morgan fingerprint density at radius 3 is 2.85 bits per heavy atom. The monoisotopic (exact) mass is 277 g/mol. The summed E-state index contributed by atoms with van der Waals surface area (Å²) < 4.78 is 5.33. The summed E-state index contributed by atoms with van der Waals surface area (Å²) in [5, 5.41) is 2.92. The van der Waals surface area contributed by atoms with Gasteiger partial charge in [0.15, 0.2) is 0 Å². The summed E-state index contributed by atoms with van der Waals surface area (Å²) in [6.45, 7) is 5.94. The van der Waals surface area contributed by atoms with Gasteiger partial charge in [0.2, 0.25) is 5.91 Å². The Morgan fingerprint density at radius 2 is 2.20 bits per heavy atom. The van der Waals surface area contributed by atoms with Crippen LogP contribution in [0.15, 0.2) is 18.3 Å². The highest BCUT2D eigenvalue weighted by atomic mass is 16.5. The van der Waals surface area contributed by atoms with Crippen molar-refractivity contribution in [2.24, 2.45) is 0 Å². The molecule has 5 heteroatoms.